The van der Waals surface area contributed by atoms with Gasteiger partial charge in [0, 0.05) is 6.08 Å². The number of halogens is 3. The van der Waals surface area contributed by atoms with Crippen molar-refractivity contribution in [1.29, 1.82) is 0 Å². The van der Waals surface area contributed by atoms with Gasteiger partial charge >= 0.3 is 12.1 Å². The molecule has 1 aromatic rings. The van der Waals surface area contributed by atoms with E-state index >= 15 is 0 Å². The summed E-state index contributed by atoms with van der Waals surface area (Å²) >= 11 is 0. The first-order chi connectivity index (χ1) is 8.95. The first-order valence-electron chi connectivity index (χ1n) is 5.96. The molecule has 0 spiro atoms. The molecular formula is C14H15F3O2. The van der Waals surface area contributed by atoms with Crippen LogP contribution in [0.4, 0.5) is 13.2 Å². The minimum atomic E-state index is -4.44. The maximum Gasteiger partial charge on any atom is 0.416 e. The van der Waals surface area contributed by atoms with Crippen LogP contribution >= 0.6 is 0 Å². The molecule has 0 aliphatic carbocycles. The molecule has 0 atom stereocenters. The largest absolute Gasteiger partial charge is 0.463 e. The van der Waals surface area contributed by atoms with E-state index < -0.39 is 17.7 Å². The second kappa shape index (κ2) is 6.97. The molecular weight excluding hydrogens is 257 g/mol. The monoisotopic (exact) mass is 272 g/mol. The Morgan fingerprint density at radius 3 is 2.63 bits per heavy atom. The third kappa shape index (κ3) is 5.16. The van der Waals surface area contributed by atoms with Crippen molar-refractivity contribution in [3.8, 4) is 0 Å². The van der Waals surface area contributed by atoms with Crippen LogP contribution in [0.2, 0.25) is 0 Å². The number of ether oxygens (including phenoxy) is 1. The van der Waals surface area contributed by atoms with Crippen molar-refractivity contribution >= 4 is 12.0 Å². The fourth-order valence-electron chi connectivity index (χ4n) is 1.42. The summed E-state index contributed by atoms with van der Waals surface area (Å²) in [6, 6.07) is 5.07. The molecule has 0 saturated heterocycles. The molecule has 0 saturated carbocycles. The van der Waals surface area contributed by atoms with Gasteiger partial charge in [-0.05, 0) is 24.1 Å². The number of carbonyl (C=O) groups is 1. The highest BCUT2D eigenvalue weighted by Gasteiger charge is 2.32. The van der Waals surface area contributed by atoms with Crippen molar-refractivity contribution in [2.24, 2.45) is 0 Å². The average Bonchev–Trinajstić information content (AvgIpc) is 2.36. The second-order valence-electron chi connectivity index (χ2n) is 3.94. The molecule has 0 aromatic heterocycles. The van der Waals surface area contributed by atoms with Crippen molar-refractivity contribution in [1.82, 2.24) is 0 Å². The van der Waals surface area contributed by atoms with E-state index in [1.54, 1.807) is 0 Å². The van der Waals surface area contributed by atoms with Gasteiger partial charge in [0.1, 0.15) is 0 Å². The molecule has 0 radical (unpaired) electrons. The van der Waals surface area contributed by atoms with Crippen molar-refractivity contribution in [3.63, 3.8) is 0 Å². The Morgan fingerprint density at radius 2 is 2.00 bits per heavy atom. The topological polar surface area (TPSA) is 26.3 Å². The van der Waals surface area contributed by atoms with E-state index in [2.05, 4.69) is 0 Å². The molecule has 19 heavy (non-hydrogen) atoms. The quantitative estimate of drug-likeness (QED) is 0.459. The van der Waals surface area contributed by atoms with Crippen molar-refractivity contribution in [2.75, 3.05) is 6.61 Å². The molecule has 0 heterocycles. The van der Waals surface area contributed by atoms with E-state index in [1.165, 1.54) is 18.2 Å². The van der Waals surface area contributed by atoms with E-state index in [1.807, 2.05) is 6.92 Å². The fourth-order valence-corrected chi connectivity index (χ4v) is 1.42. The Morgan fingerprint density at radius 1 is 1.32 bits per heavy atom. The molecule has 2 nitrogen and oxygen atoms in total. The van der Waals surface area contributed by atoms with Gasteiger partial charge in [0.15, 0.2) is 0 Å². The third-order valence-electron chi connectivity index (χ3n) is 2.41. The lowest BCUT2D eigenvalue weighted by Gasteiger charge is -2.09. The van der Waals surface area contributed by atoms with Crippen LogP contribution in [-0.4, -0.2) is 12.6 Å². The van der Waals surface area contributed by atoms with Gasteiger partial charge in [-0.1, -0.05) is 31.5 Å². The molecule has 0 unspecified atom stereocenters. The van der Waals surface area contributed by atoms with E-state index in [0.29, 0.717) is 0 Å². The molecule has 0 N–H and O–H groups in total. The molecule has 0 aliphatic heterocycles. The summed E-state index contributed by atoms with van der Waals surface area (Å²) in [7, 11) is 0. The predicted octanol–water partition coefficient (Wildman–Crippen LogP) is 4.06. The van der Waals surface area contributed by atoms with Gasteiger partial charge in [0.25, 0.3) is 0 Å². The lowest BCUT2D eigenvalue weighted by molar-refractivity contribution is -0.139. The zero-order valence-corrected chi connectivity index (χ0v) is 10.5. The Hall–Kier alpha value is -1.78. The number of carbonyl (C=O) groups excluding carboxylic acids is 1. The van der Waals surface area contributed by atoms with Gasteiger partial charge in [0.05, 0.1) is 12.2 Å². The predicted molar refractivity (Wildman–Crippen MR) is 66.3 cm³/mol. The smallest absolute Gasteiger partial charge is 0.416 e. The Kier molecular flexibility index (Phi) is 5.60. The van der Waals surface area contributed by atoms with Crippen LogP contribution in [0.3, 0.4) is 0 Å². The van der Waals surface area contributed by atoms with Crippen LogP contribution in [0.5, 0.6) is 0 Å². The van der Waals surface area contributed by atoms with Crippen molar-refractivity contribution in [2.45, 2.75) is 25.9 Å². The van der Waals surface area contributed by atoms with E-state index in [0.717, 1.165) is 31.1 Å². The first-order valence-corrected chi connectivity index (χ1v) is 5.96. The van der Waals surface area contributed by atoms with E-state index in [4.69, 9.17) is 4.74 Å². The molecule has 1 aromatic carbocycles. The fraction of sp³-hybridized carbons (Fsp3) is 0.357. The number of benzene rings is 1. The van der Waals surface area contributed by atoms with Gasteiger partial charge in [-0.25, -0.2) is 4.79 Å². The lowest BCUT2D eigenvalue weighted by Crippen LogP contribution is -2.07. The number of hydrogen-bond donors (Lipinski definition) is 0. The highest BCUT2D eigenvalue weighted by Crippen LogP contribution is 2.32. The average molecular weight is 272 g/mol. The lowest BCUT2D eigenvalue weighted by atomic mass is 10.1. The summed E-state index contributed by atoms with van der Waals surface area (Å²) in [5, 5.41) is 0. The number of hydrogen-bond acceptors (Lipinski definition) is 2. The molecule has 0 aliphatic rings. The molecule has 0 bridgehead atoms. The van der Waals surface area contributed by atoms with Crippen LogP contribution < -0.4 is 0 Å². The number of esters is 1. The highest BCUT2D eigenvalue weighted by atomic mass is 19.4. The molecule has 104 valence electrons. The summed E-state index contributed by atoms with van der Waals surface area (Å²) in [6.45, 7) is 2.23. The van der Waals surface area contributed by atoms with Gasteiger partial charge in [-0.2, -0.15) is 13.2 Å². The minimum absolute atomic E-state index is 0.0533. The minimum Gasteiger partial charge on any atom is -0.463 e. The Labute approximate surface area is 109 Å². The van der Waals surface area contributed by atoms with Crippen LogP contribution in [-0.2, 0) is 15.7 Å². The van der Waals surface area contributed by atoms with Gasteiger partial charge in [-0.3, -0.25) is 0 Å². The van der Waals surface area contributed by atoms with Crippen molar-refractivity contribution < 1.29 is 22.7 Å². The van der Waals surface area contributed by atoms with E-state index in [-0.39, 0.29) is 12.2 Å². The first kappa shape index (κ1) is 15.3. The molecule has 1 rings (SSSR count). The van der Waals surface area contributed by atoms with Crippen LogP contribution in [0.15, 0.2) is 30.3 Å². The molecule has 0 fully saturated rings. The van der Waals surface area contributed by atoms with Gasteiger partial charge < -0.3 is 4.74 Å². The molecule has 0 amide bonds. The summed E-state index contributed by atoms with van der Waals surface area (Å²) < 4.78 is 42.8. The standard InChI is InChI=1S/C14H15F3O2/c1-2-3-10-19-13(18)9-8-11-6-4-5-7-12(11)14(15,16)17/h4-9H,2-3,10H2,1H3/b9-8+. The van der Waals surface area contributed by atoms with E-state index in [9.17, 15) is 18.0 Å². The normalized spacial score (nSPS) is 11.8. The van der Waals surface area contributed by atoms with Crippen LogP contribution in [0.25, 0.3) is 6.08 Å². The number of alkyl halides is 3. The number of rotatable bonds is 5. The zero-order valence-electron chi connectivity index (χ0n) is 10.5. The third-order valence-corrected chi connectivity index (χ3v) is 2.41. The summed E-state index contributed by atoms with van der Waals surface area (Å²) in [5.74, 6) is -0.634. The molecule has 5 heteroatoms. The second-order valence-corrected chi connectivity index (χ2v) is 3.94. The maximum atomic E-state index is 12.7. The highest BCUT2D eigenvalue weighted by molar-refractivity contribution is 5.87. The Bertz CT molecular complexity index is 450. The zero-order chi connectivity index (χ0) is 14.3. The van der Waals surface area contributed by atoms with Gasteiger partial charge in [0.2, 0.25) is 0 Å². The Balaban J connectivity index is 2.74. The van der Waals surface area contributed by atoms with Crippen LogP contribution in [0, 0.1) is 0 Å². The maximum absolute atomic E-state index is 12.7. The SMILES string of the molecule is CCCCOC(=O)/C=C/c1ccccc1C(F)(F)F. The van der Waals surface area contributed by atoms with Crippen LogP contribution in [0.1, 0.15) is 30.9 Å². The summed E-state index contributed by atoms with van der Waals surface area (Å²) in [5.41, 5.74) is -0.824. The number of unbranched alkanes of at least 4 members (excludes halogenated alkanes) is 1. The summed E-state index contributed by atoms with van der Waals surface area (Å²) in [6.07, 6.45) is -0.684. The summed E-state index contributed by atoms with van der Waals surface area (Å²) in [4.78, 5) is 11.3. The van der Waals surface area contributed by atoms with Gasteiger partial charge in [-0.15, -0.1) is 0 Å². The van der Waals surface area contributed by atoms with Crippen molar-refractivity contribution in [3.05, 3.63) is 41.5 Å².